The Kier molecular flexibility index (Phi) is 5.28. The summed E-state index contributed by atoms with van der Waals surface area (Å²) in [5, 5.41) is 4.29. The van der Waals surface area contributed by atoms with E-state index in [-0.39, 0.29) is 0 Å². The maximum atomic E-state index is 6.44. The van der Waals surface area contributed by atoms with Crippen LogP contribution in [0.5, 0.6) is 11.5 Å². The van der Waals surface area contributed by atoms with Crippen molar-refractivity contribution in [1.29, 1.82) is 0 Å². The van der Waals surface area contributed by atoms with E-state index in [1.807, 2.05) is 36.4 Å². The summed E-state index contributed by atoms with van der Waals surface area (Å²) in [4.78, 5) is 0. The first kappa shape index (κ1) is 19.2. The maximum Gasteiger partial charge on any atom is 0.135 e. The van der Waals surface area contributed by atoms with Gasteiger partial charge in [-0.15, -0.1) is 0 Å². The largest absolute Gasteiger partial charge is 0.488 e. The van der Waals surface area contributed by atoms with E-state index in [9.17, 15) is 0 Å². The van der Waals surface area contributed by atoms with Crippen molar-refractivity contribution in [2.75, 3.05) is 0 Å². The Morgan fingerprint density at radius 2 is 0.935 bits per heavy atom. The number of rotatable bonds is 6. The fourth-order valence-electron chi connectivity index (χ4n) is 3.98. The van der Waals surface area contributed by atoms with Crippen LogP contribution in [0.2, 0.25) is 0 Å². The van der Waals surface area contributed by atoms with Gasteiger partial charge < -0.3 is 9.47 Å². The molecule has 0 aliphatic heterocycles. The molecule has 0 saturated carbocycles. The third kappa shape index (κ3) is 3.97. The number of hydrogen-bond donors (Lipinski definition) is 0. The van der Waals surface area contributed by atoms with Gasteiger partial charge in [0.15, 0.2) is 0 Å². The zero-order chi connectivity index (χ0) is 21.0. The first-order valence-electron chi connectivity index (χ1n) is 10.6. The summed E-state index contributed by atoms with van der Waals surface area (Å²) in [6, 6.07) is 35.4. The molecule has 0 saturated heterocycles. The zero-order valence-electron chi connectivity index (χ0n) is 17.5. The summed E-state index contributed by atoms with van der Waals surface area (Å²) in [5.74, 6) is 1.81. The van der Waals surface area contributed by atoms with Crippen LogP contribution in [0.1, 0.15) is 16.7 Å². The van der Waals surface area contributed by atoms with Crippen LogP contribution < -0.4 is 9.47 Å². The van der Waals surface area contributed by atoms with Gasteiger partial charge in [0.05, 0.1) is 0 Å². The van der Waals surface area contributed by atoms with Gasteiger partial charge in [-0.1, -0.05) is 103 Å². The highest BCUT2D eigenvalue weighted by molar-refractivity contribution is 6.11. The van der Waals surface area contributed by atoms with Gasteiger partial charge in [0, 0.05) is 21.5 Å². The van der Waals surface area contributed by atoms with Crippen LogP contribution >= 0.6 is 0 Å². The van der Waals surface area contributed by atoms with Gasteiger partial charge >= 0.3 is 0 Å². The van der Waals surface area contributed by atoms with Crippen LogP contribution in [0.4, 0.5) is 0 Å². The van der Waals surface area contributed by atoms with E-state index in [0.29, 0.717) is 13.2 Å². The normalized spacial score (nSPS) is 11.0. The minimum Gasteiger partial charge on any atom is -0.488 e. The highest BCUT2D eigenvalue weighted by Gasteiger charge is 2.16. The lowest BCUT2D eigenvalue weighted by atomic mass is 9.99. The van der Waals surface area contributed by atoms with Crippen molar-refractivity contribution >= 4 is 21.5 Å². The summed E-state index contributed by atoms with van der Waals surface area (Å²) in [6.07, 6.45) is 0. The highest BCUT2D eigenvalue weighted by atomic mass is 16.5. The van der Waals surface area contributed by atoms with Crippen LogP contribution in [0.15, 0.2) is 103 Å². The summed E-state index contributed by atoms with van der Waals surface area (Å²) < 4.78 is 12.9. The van der Waals surface area contributed by atoms with Crippen LogP contribution in [0.3, 0.4) is 0 Å². The third-order valence-electron chi connectivity index (χ3n) is 5.53. The summed E-state index contributed by atoms with van der Waals surface area (Å²) in [5.41, 5.74) is 3.49. The monoisotopic (exact) mass is 404 g/mol. The Bertz CT molecular complexity index is 1330. The lowest BCUT2D eigenvalue weighted by Gasteiger charge is -2.18. The average molecular weight is 405 g/mol. The first-order chi connectivity index (χ1) is 15.3. The molecule has 5 rings (SSSR count). The molecule has 0 aliphatic rings. The van der Waals surface area contributed by atoms with Crippen molar-refractivity contribution in [1.82, 2.24) is 0 Å². The molecule has 0 radical (unpaired) electrons. The molecule has 0 spiro atoms. The minimum absolute atomic E-state index is 0.526. The lowest BCUT2D eigenvalue weighted by molar-refractivity contribution is 0.308. The van der Waals surface area contributed by atoms with Gasteiger partial charge in [0.2, 0.25) is 0 Å². The van der Waals surface area contributed by atoms with Crippen LogP contribution in [0.25, 0.3) is 21.5 Å². The fraction of sp³-hybridized carbons (Fsp3) is 0.103. The van der Waals surface area contributed by atoms with E-state index in [1.165, 1.54) is 5.56 Å². The lowest BCUT2D eigenvalue weighted by Crippen LogP contribution is -2.00. The number of aryl methyl sites for hydroxylation is 1. The van der Waals surface area contributed by atoms with Gasteiger partial charge in [0.25, 0.3) is 0 Å². The average Bonchev–Trinajstić information content (AvgIpc) is 2.82. The molecule has 0 heterocycles. The molecule has 0 aliphatic carbocycles. The number of ether oxygens (including phenoxy) is 2. The van der Waals surface area contributed by atoms with Crippen molar-refractivity contribution in [3.8, 4) is 11.5 Å². The van der Waals surface area contributed by atoms with Crippen LogP contribution in [-0.2, 0) is 13.2 Å². The van der Waals surface area contributed by atoms with Crippen LogP contribution in [0, 0.1) is 6.92 Å². The maximum absolute atomic E-state index is 6.44. The van der Waals surface area contributed by atoms with Crippen molar-refractivity contribution < 1.29 is 9.47 Å². The predicted octanol–water partition coefficient (Wildman–Crippen LogP) is 7.46. The molecule has 0 fully saturated rings. The summed E-state index contributed by atoms with van der Waals surface area (Å²) >= 11 is 0. The molecule has 0 aromatic heterocycles. The number of fused-ring (bicyclic) bond motifs is 2. The van der Waals surface area contributed by atoms with Gasteiger partial charge in [-0.3, -0.25) is 0 Å². The number of hydrogen-bond acceptors (Lipinski definition) is 2. The quantitative estimate of drug-likeness (QED) is 0.273. The number of benzene rings is 5. The second-order valence-corrected chi connectivity index (χ2v) is 7.80. The molecule has 0 amide bonds. The SMILES string of the molecule is Cc1ccc2c(OCc3ccccc3)c3ccccc3c(OCc3ccccc3)c2c1. The van der Waals surface area contributed by atoms with E-state index >= 15 is 0 Å². The van der Waals surface area contributed by atoms with E-state index in [1.54, 1.807) is 0 Å². The molecule has 0 atom stereocenters. The van der Waals surface area contributed by atoms with Crippen molar-refractivity contribution in [2.45, 2.75) is 20.1 Å². The molecule has 2 nitrogen and oxygen atoms in total. The van der Waals surface area contributed by atoms with Crippen molar-refractivity contribution in [3.05, 3.63) is 120 Å². The molecule has 2 heteroatoms. The summed E-state index contributed by atoms with van der Waals surface area (Å²) in [6.45, 7) is 3.16. The molecule has 0 unspecified atom stereocenters. The van der Waals surface area contributed by atoms with E-state index < -0.39 is 0 Å². The van der Waals surface area contributed by atoms with Crippen molar-refractivity contribution in [2.24, 2.45) is 0 Å². The first-order valence-corrected chi connectivity index (χ1v) is 10.6. The fourth-order valence-corrected chi connectivity index (χ4v) is 3.98. The summed E-state index contributed by atoms with van der Waals surface area (Å²) in [7, 11) is 0. The molecular formula is C29H24O2. The molecule has 5 aromatic rings. The molecule has 5 aromatic carbocycles. The Morgan fingerprint density at radius 3 is 1.48 bits per heavy atom. The highest BCUT2D eigenvalue weighted by Crippen LogP contribution is 2.43. The van der Waals surface area contributed by atoms with E-state index in [2.05, 4.69) is 73.7 Å². The molecule has 0 N–H and O–H groups in total. The second kappa shape index (κ2) is 8.53. The third-order valence-corrected chi connectivity index (χ3v) is 5.53. The second-order valence-electron chi connectivity index (χ2n) is 7.80. The molecule has 0 bridgehead atoms. The predicted molar refractivity (Wildman–Crippen MR) is 128 cm³/mol. The Labute approximate surface area is 182 Å². The van der Waals surface area contributed by atoms with Gasteiger partial charge in [0.1, 0.15) is 24.7 Å². The van der Waals surface area contributed by atoms with Crippen molar-refractivity contribution in [3.63, 3.8) is 0 Å². The Morgan fingerprint density at radius 1 is 0.484 bits per heavy atom. The molecule has 31 heavy (non-hydrogen) atoms. The standard InChI is InChI=1S/C29H24O2/c1-21-16-17-26-27(18-21)29(31-20-23-12-6-3-7-13-23)25-15-9-8-14-24(25)28(26)30-19-22-10-4-2-5-11-22/h2-18H,19-20H2,1H3. The van der Waals surface area contributed by atoms with E-state index in [4.69, 9.17) is 9.47 Å². The van der Waals surface area contributed by atoms with Gasteiger partial charge in [-0.25, -0.2) is 0 Å². The van der Waals surface area contributed by atoms with Gasteiger partial charge in [-0.05, 0) is 24.1 Å². The molecule has 152 valence electrons. The zero-order valence-corrected chi connectivity index (χ0v) is 17.5. The topological polar surface area (TPSA) is 18.5 Å². The smallest absolute Gasteiger partial charge is 0.135 e. The Hall–Kier alpha value is -3.78. The molecular weight excluding hydrogens is 380 g/mol. The van der Waals surface area contributed by atoms with Crippen LogP contribution in [-0.4, -0.2) is 0 Å². The Balaban J connectivity index is 1.63. The van der Waals surface area contributed by atoms with Gasteiger partial charge in [-0.2, -0.15) is 0 Å². The minimum atomic E-state index is 0.526. The van der Waals surface area contributed by atoms with E-state index in [0.717, 1.165) is 44.2 Å².